The van der Waals surface area contributed by atoms with Gasteiger partial charge in [0.25, 0.3) is 5.91 Å². The number of hydrogen-bond acceptors (Lipinski definition) is 2. The normalized spacial score (nSPS) is 10.3. The van der Waals surface area contributed by atoms with Crippen LogP contribution >= 0.6 is 15.9 Å². The quantitative estimate of drug-likeness (QED) is 0.941. The highest BCUT2D eigenvalue weighted by Gasteiger charge is 2.12. The summed E-state index contributed by atoms with van der Waals surface area (Å²) < 4.78 is 15.6. The van der Waals surface area contributed by atoms with Crippen molar-refractivity contribution in [2.75, 3.05) is 6.54 Å². The highest BCUT2D eigenvalue weighted by Crippen LogP contribution is 2.18. The summed E-state index contributed by atoms with van der Waals surface area (Å²) in [5.41, 5.74) is 0.0323. The molecule has 4 nitrogen and oxygen atoms in total. The van der Waals surface area contributed by atoms with Gasteiger partial charge in [0.05, 0.1) is 16.6 Å². The van der Waals surface area contributed by atoms with Crippen molar-refractivity contribution in [1.29, 1.82) is 0 Å². The van der Waals surface area contributed by atoms with Gasteiger partial charge in [0.1, 0.15) is 5.82 Å². The van der Waals surface area contributed by atoms with E-state index in [1.54, 1.807) is 35.3 Å². The summed E-state index contributed by atoms with van der Waals surface area (Å²) in [6, 6.07) is 6.42. The molecule has 2 rings (SSSR count). The molecule has 0 aliphatic rings. The van der Waals surface area contributed by atoms with Crippen LogP contribution in [0.3, 0.4) is 0 Å². The maximum atomic E-state index is 13.6. The lowest BCUT2D eigenvalue weighted by Crippen LogP contribution is -2.28. The molecule has 6 heteroatoms. The molecule has 0 fully saturated rings. The van der Waals surface area contributed by atoms with Gasteiger partial charge in [0, 0.05) is 18.9 Å². The molecule has 1 aromatic heterocycles. The van der Waals surface area contributed by atoms with E-state index in [4.69, 9.17) is 0 Å². The van der Waals surface area contributed by atoms with Crippen molar-refractivity contribution in [3.8, 4) is 0 Å². The van der Waals surface area contributed by atoms with Crippen molar-refractivity contribution in [2.24, 2.45) is 0 Å². The van der Waals surface area contributed by atoms with Crippen LogP contribution in [-0.4, -0.2) is 22.2 Å². The summed E-state index contributed by atoms with van der Waals surface area (Å²) in [4.78, 5) is 11.7. The Balaban J connectivity index is 1.93. The van der Waals surface area contributed by atoms with Gasteiger partial charge < -0.3 is 5.32 Å². The van der Waals surface area contributed by atoms with Gasteiger partial charge in [0.15, 0.2) is 0 Å². The first-order valence-corrected chi connectivity index (χ1v) is 6.17. The van der Waals surface area contributed by atoms with Crippen LogP contribution in [0, 0.1) is 5.82 Å². The summed E-state index contributed by atoms with van der Waals surface area (Å²) in [6.45, 7) is 0.945. The fourth-order valence-electron chi connectivity index (χ4n) is 1.49. The number of carbonyl (C=O) groups excluding carboxylic acids is 1. The Hall–Kier alpha value is -1.69. The van der Waals surface area contributed by atoms with E-state index in [0.29, 0.717) is 13.1 Å². The van der Waals surface area contributed by atoms with Crippen molar-refractivity contribution in [2.45, 2.75) is 6.54 Å². The van der Waals surface area contributed by atoms with Gasteiger partial charge in [-0.05, 0) is 34.1 Å². The highest BCUT2D eigenvalue weighted by molar-refractivity contribution is 9.10. The van der Waals surface area contributed by atoms with Gasteiger partial charge in [-0.3, -0.25) is 9.48 Å². The first-order chi connectivity index (χ1) is 8.68. The Kier molecular flexibility index (Phi) is 4.09. The zero-order chi connectivity index (χ0) is 13.0. The fraction of sp³-hybridized carbons (Fsp3) is 0.167. The lowest BCUT2D eigenvalue weighted by atomic mass is 10.2. The molecule has 0 saturated carbocycles. The van der Waals surface area contributed by atoms with E-state index in [2.05, 4.69) is 26.3 Å². The standard InChI is InChI=1S/C12H11BrFN3O/c13-10-4-1-3-9(11(10)14)12(18)15-6-8-17-7-2-5-16-17/h1-5,7H,6,8H2,(H,15,18). The number of halogens is 2. The highest BCUT2D eigenvalue weighted by atomic mass is 79.9. The van der Waals surface area contributed by atoms with E-state index in [0.717, 1.165) is 0 Å². The molecular formula is C12H11BrFN3O. The summed E-state index contributed by atoms with van der Waals surface area (Å²) in [5.74, 6) is -0.977. The van der Waals surface area contributed by atoms with E-state index < -0.39 is 11.7 Å². The molecule has 0 spiro atoms. The van der Waals surface area contributed by atoms with E-state index in [-0.39, 0.29) is 10.0 Å². The summed E-state index contributed by atoms with van der Waals surface area (Å²) in [5, 5.41) is 6.65. The number of amides is 1. The lowest BCUT2D eigenvalue weighted by molar-refractivity contribution is 0.0947. The summed E-state index contributed by atoms with van der Waals surface area (Å²) in [7, 11) is 0. The molecule has 0 aliphatic carbocycles. The molecule has 1 amide bonds. The van der Waals surface area contributed by atoms with Gasteiger partial charge in [-0.1, -0.05) is 6.07 Å². The molecule has 0 bridgehead atoms. The molecule has 1 aromatic carbocycles. The smallest absolute Gasteiger partial charge is 0.254 e. The van der Waals surface area contributed by atoms with Gasteiger partial charge in [-0.2, -0.15) is 5.10 Å². The molecule has 1 N–H and O–H groups in total. The number of aromatic nitrogens is 2. The third-order valence-corrected chi connectivity index (χ3v) is 2.99. The number of hydrogen-bond donors (Lipinski definition) is 1. The van der Waals surface area contributed by atoms with E-state index >= 15 is 0 Å². The van der Waals surface area contributed by atoms with Crippen molar-refractivity contribution in [3.63, 3.8) is 0 Å². The Bertz CT molecular complexity index is 542. The second-order valence-corrected chi connectivity index (χ2v) is 4.48. The Morgan fingerprint density at radius 3 is 3.00 bits per heavy atom. The summed E-state index contributed by atoms with van der Waals surface area (Å²) >= 11 is 3.04. The third-order valence-electron chi connectivity index (χ3n) is 2.38. The van der Waals surface area contributed by atoms with Gasteiger partial charge in [-0.15, -0.1) is 0 Å². The number of rotatable bonds is 4. The van der Waals surface area contributed by atoms with Crippen LogP contribution in [0.2, 0.25) is 0 Å². The molecule has 0 aliphatic heterocycles. The van der Waals surface area contributed by atoms with Crippen LogP contribution in [0.15, 0.2) is 41.1 Å². The summed E-state index contributed by atoms with van der Waals surface area (Å²) in [6.07, 6.45) is 3.46. The minimum atomic E-state index is -0.547. The molecule has 2 aromatic rings. The molecule has 1 heterocycles. The number of carbonyl (C=O) groups is 1. The molecule has 0 radical (unpaired) electrons. The van der Waals surface area contributed by atoms with Crippen LogP contribution in [0.25, 0.3) is 0 Å². The van der Waals surface area contributed by atoms with Crippen LogP contribution in [0.4, 0.5) is 4.39 Å². The first-order valence-electron chi connectivity index (χ1n) is 5.38. The monoisotopic (exact) mass is 311 g/mol. The second kappa shape index (κ2) is 5.77. The molecular weight excluding hydrogens is 301 g/mol. The predicted molar refractivity (Wildman–Crippen MR) is 68.7 cm³/mol. The van der Waals surface area contributed by atoms with Crippen molar-refractivity contribution < 1.29 is 9.18 Å². The van der Waals surface area contributed by atoms with Gasteiger partial charge in [-0.25, -0.2) is 4.39 Å². The van der Waals surface area contributed by atoms with Gasteiger partial charge >= 0.3 is 0 Å². The average molecular weight is 312 g/mol. The Morgan fingerprint density at radius 2 is 2.28 bits per heavy atom. The number of nitrogens with one attached hydrogen (secondary N) is 1. The predicted octanol–water partition coefficient (Wildman–Crippen LogP) is 2.21. The average Bonchev–Trinajstić information content (AvgIpc) is 2.85. The van der Waals surface area contributed by atoms with Crippen LogP contribution < -0.4 is 5.32 Å². The van der Waals surface area contributed by atoms with Crippen molar-refractivity contribution in [1.82, 2.24) is 15.1 Å². The maximum absolute atomic E-state index is 13.6. The molecule has 0 unspecified atom stereocenters. The SMILES string of the molecule is O=C(NCCn1cccn1)c1cccc(Br)c1F. The number of benzene rings is 1. The van der Waals surface area contributed by atoms with Gasteiger partial charge in [0.2, 0.25) is 0 Å². The molecule has 0 atom stereocenters. The van der Waals surface area contributed by atoms with Crippen molar-refractivity contribution >= 4 is 21.8 Å². The zero-order valence-electron chi connectivity index (χ0n) is 9.44. The van der Waals surface area contributed by atoms with E-state index in [1.807, 2.05) is 0 Å². The van der Waals surface area contributed by atoms with Crippen molar-refractivity contribution in [3.05, 3.63) is 52.5 Å². The fourth-order valence-corrected chi connectivity index (χ4v) is 1.86. The van der Waals surface area contributed by atoms with E-state index in [9.17, 15) is 9.18 Å². The third kappa shape index (κ3) is 2.95. The van der Waals surface area contributed by atoms with Crippen LogP contribution in [0.5, 0.6) is 0 Å². The minimum Gasteiger partial charge on any atom is -0.350 e. The van der Waals surface area contributed by atoms with Crippen LogP contribution in [0.1, 0.15) is 10.4 Å². The second-order valence-electron chi connectivity index (χ2n) is 3.63. The molecule has 18 heavy (non-hydrogen) atoms. The largest absolute Gasteiger partial charge is 0.350 e. The Labute approximate surface area is 112 Å². The Morgan fingerprint density at radius 1 is 1.44 bits per heavy atom. The topological polar surface area (TPSA) is 46.9 Å². The maximum Gasteiger partial charge on any atom is 0.254 e. The minimum absolute atomic E-state index is 0.0323. The lowest BCUT2D eigenvalue weighted by Gasteiger charge is -2.07. The number of nitrogens with zero attached hydrogens (tertiary/aromatic N) is 2. The van der Waals surface area contributed by atoms with Crippen LogP contribution in [-0.2, 0) is 6.54 Å². The van der Waals surface area contributed by atoms with E-state index in [1.165, 1.54) is 6.07 Å². The first kappa shape index (κ1) is 12.8. The molecule has 94 valence electrons. The zero-order valence-corrected chi connectivity index (χ0v) is 11.0. The molecule has 0 saturated heterocycles.